The zero-order valence-electron chi connectivity index (χ0n) is 14.9. The first-order valence-corrected chi connectivity index (χ1v) is 6.46. The zero-order chi connectivity index (χ0) is 16.7. The van der Waals surface area contributed by atoms with Crippen LogP contribution in [0.5, 0.6) is 0 Å². The Morgan fingerprint density at radius 3 is 2.28 bits per heavy atom. The SMILES string of the molecule is CC.CC.[3H][3H].[3H]c1nc(C)nc(Cc2ccccc2)n1. The van der Waals surface area contributed by atoms with Gasteiger partial charge in [-0.15, -0.1) is 0 Å². The third kappa shape index (κ3) is 6.09. The molecule has 0 bridgehead atoms. The van der Waals surface area contributed by atoms with Crippen molar-refractivity contribution in [3.63, 3.8) is 0 Å². The van der Waals surface area contributed by atoms with E-state index < -0.39 is 0 Å². The molecule has 0 spiro atoms. The van der Waals surface area contributed by atoms with Crippen LogP contribution < -0.4 is 0 Å². The summed E-state index contributed by atoms with van der Waals surface area (Å²) in [7, 11) is 0. The van der Waals surface area contributed by atoms with Crippen molar-refractivity contribution in [3.05, 3.63) is 53.8 Å². The van der Waals surface area contributed by atoms with Crippen molar-refractivity contribution < 1.29 is 4.34 Å². The lowest BCUT2D eigenvalue weighted by molar-refractivity contribution is 0.879. The van der Waals surface area contributed by atoms with Crippen LogP contribution >= 0.6 is 0 Å². The van der Waals surface area contributed by atoms with Crippen LogP contribution in [-0.4, -0.2) is 15.0 Å². The molecule has 1 heterocycles. The van der Waals surface area contributed by atoms with Gasteiger partial charge in [-0.2, -0.15) is 0 Å². The molecule has 0 amide bonds. The predicted molar refractivity (Wildman–Crippen MR) is 78.6 cm³/mol. The van der Waals surface area contributed by atoms with E-state index in [2.05, 4.69) is 15.0 Å². The van der Waals surface area contributed by atoms with Gasteiger partial charge in [-0.3, -0.25) is 0 Å². The lowest BCUT2D eigenvalue weighted by Crippen LogP contribution is -1.99. The number of hydrogen-bond acceptors (Lipinski definition) is 3. The van der Waals surface area contributed by atoms with Gasteiger partial charge in [0.1, 0.15) is 19.3 Å². The Bertz CT molecular complexity index is 445. The second kappa shape index (κ2) is 10.4. The molecule has 1 aromatic heterocycles. The van der Waals surface area contributed by atoms with Crippen LogP contribution in [0.2, 0.25) is 0 Å². The smallest absolute Gasteiger partial charge is 0.136 e. The van der Waals surface area contributed by atoms with Gasteiger partial charge in [0, 0.05) is 9.39 Å². The lowest BCUT2D eigenvalue weighted by Gasteiger charge is -1.99. The summed E-state index contributed by atoms with van der Waals surface area (Å²) in [5.41, 5.74) is 1.14. The molecule has 100 valence electrons. The monoisotopic (exact) mass is 253 g/mol. The third-order valence-corrected chi connectivity index (χ3v) is 1.89. The summed E-state index contributed by atoms with van der Waals surface area (Å²) in [5.74, 6) is 1.25. The van der Waals surface area contributed by atoms with Crippen LogP contribution in [0, 0.1) is 6.92 Å². The lowest BCUT2D eigenvalue weighted by atomic mass is 10.1. The van der Waals surface area contributed by atoms with E-state index in [1.54, 1.807) is 6.92 Å². The van der Waals surface area contributed by atoms with E-state index in [1.807, 2.05) is 58.0 Å². The maximum absolute atomic E-state index is 7.38. The Balaban J connectivity index is 0. The van der Waals surface area contributed by atoms with Crippen LogP contribution in [0.1, 0.15) is 49.2 Å². The van der Waals surface area contributed by atoms with Gasteiger partial charge in [-0.1, -0.05) is 58.0 Å². The Morgan fingerprint density at radius 2 is 1.72 bits per heavy atom. The van der Waals surface area contributed by atoms with Crippen LogP contribution in [0.4, 0.5) is 0 Å². The van der Waals surface area contributed by atoms with Gasteiger partial charge in [0.15, 0.2) is 0 Å². The molecule has 0 radical (unpaired) electrons. The maximum Gasteiger partial charge on any atom is 0.136 e. The third-order valence-electron chi connectivity index (χ3n) is 1.89. The standard InChI is InChI=1S/C11H11N3.2C2H6.H2/c1-9-12-8-13-11(14-9)7-10-5-3-2-4-6-10;2*1-2;/h2-6,8H,7H2,1H3;2*1-2H3;1H/i8T;;;1+2T. The average Bonchev–Trinajstić information content (AvgIpc) is 2.53. The number of aryl methyl sites for hydroxylation is 1. The highest BCUT2D eigenvalue weighted by atomic mass is 15.0. The van der Waals surface area contributed by atoms with E-state index in [1.165, 1.54) is 0 Å². The van der Waals surface area contributed by atoms with Crippen LogP contribution in [-0.2, 0) is 6.42 Å². The molecule has 0 aliphatic carbocycles. The highest BCUT2D eigenvalue weighted by Gasteiger charge is 1.98. The van der Waals surface area contributed by atoms with E-state index in [4.69, 9.17) is 4.34 Å². The van der Waals surface area contributed by atoms with Crippen molar-refractivity contribution in [2.45, 2.75) is 41.0 Å². The predicted octanol–water partition coefficient (Wildman–Crippen LogP) is 4.07. The van der Waals surface area contributed by atoms with E-state index in [-0.39, 0.29) is 6.30 Å². The summed E-state index contributed by atoms with van der Waals surface area (Å²) < 4.78 is 17.4. The minimum Gasteiger partial charge on any atom is -0.222 e. The second-order valence-electron chi connectivity index (χ2n) is 3.06. The largest absolute Gasteiger partial charge is 0.222 e. The molecule has 2 aromatic rings. The Morgan fingerprint density at radius 1 is 1.11 bits per heavy atom. The minimum atomic E-state index is 0.0356. The van der Waals surface area contributed by atoms with Gasteiger partial charge in [-0.05, 0) is 12.5 Å². The van der Waals surface area contributed by atoms with Gasteiger partial charge >= 0.3 is 0 Å². The second-order valence-corrected chi connectivity index (χ2v) is 3.06. The summed E-state index contributed by atoms with van der Waals surface area (Å²) in [4.78, 5) is 12.0. The van der Waals surface area contributed by atoms with Gasteiger partial charge in [0.05, 0.1) is 0 Å². The van der Waals surface area contributed by atoms with Gasteiger partial charge in [-0.25, -0.2) is 15.0 Å². The van der Waals surface area contributed by atoms with Crippen molar-refractivity contribution >= 4 is 0 Å². The van der Waals surface area contributed by atoms with E-state index in [0.717, 1.165) is 5.56 Å². The number of nitrogens with zero attached hydrogens (tertiary/aromatic N) is 3. The van der Waals surface area contributed by atoms with Crippen molar-refractivity contribution in [2.75, 3.05) is 0 Å². The molecule has 3 heteroatoms. The number of rotatable bonds is 2. The molecule has 0 fully saturated rings. The number of hydrogen-bond donors (Lipinski definition) is 0. The summed E-state index contributed by atoms with van der Waals surface area (Å²) in [6.07, 6.45) is 0.684. The molecular formula is C15H25N3. The summed E-state index contributed by atoms with van der Waals surface area (Å²) in [6.45, 7) is 9.77. The van der Waals surface area contributed by atoms with E-state index in [9.17, 15) is 0 Å². The van der Waals surface area contributed by atoms with Gasteiger partial charge in [0.25, 0.3) is 0 Å². The first-order chi connectivity index (χ1) is 10.2. The van der Waals surface area contributed by atoms with Crippen LogP contribution in [0.25, 0.3) is 0 Å². The topological polar surface area (TPSA) is 38.7 Å². The molecule has 0 aliphatic heterocycles. The first-order valence-electron chi connectivity index (χ1n) is 7.96. The molecule has 3 nitrogen and oxygen atoms in total. The number of benzene rings is 1. The van der Waals surface area contributed by atoms with Gasteiger partial charge in [0.2, 0.25) is 0 Å². The minimum absolute atomic E-state index is 0.0356. The highest BCUT2D eigenvalue weighted by molar-refractivity contribution is 5.18. The molecule has 0 atom stereocenters. The molecular weight excluding hydrogens is 222 g/mol. The molecule has 18 heavy (non-hydrogen) atoms. The van der Waals surface area contributed by atoms with Crippen molar-refractivity contribution in [3.8, 4) is 0 Å². The summed E-state index contributed by atoms with van der Waals surface area (Å²) >= 11 is 0. The summed E-state index contributed by atoms with van der Waals surface area (Å²) in [6, 6.07) is 9.96. The quantitative estimate of drug-likeness (QED) is 0.810. The fraction of sp³-hybridized carbons (Fsp3) is 0.400. The van der Waals surface area contributed by atoms with Crippen molar-refractivity contribution in [2.24, 2.45) is 0 Å². The fourth-order valence-corrected chi connectivity index (χ4v) is 1.25. The van der Waals surface area contributed by atoms with Crippen LogP contribution in [0.3, 0.4) is 0 Å². The highest BCUT2D eigenvalue weighted by Crippen LogP contribution is 2.03. The molecule has 0 saturated heterocycles. The zero-order valence-corrected chi connectivity index (χ0v) is 11.9. The summed E-state index contributed by atoms with van der Waals surface area (Å²) in [5, 5.41) is 0. The van der Waals surface area contributed by atoms with E-state index >= 15 is 0 Å². The molecule has 0 aliphatic rings. The van der Waals surface area contributed by atoms with Crippen LogP contribution in [0.15, 0.2) is 36.6 Å². The average molecular weight is 253 g/mol. The number of aromatic nitrogens is 3. The Labute approximate surface area is 115 Å². The Hall–Kier alpha value is -1.77. The fourth-order valence-electron chi connectivity index (χ4n) is 1.25. The molecule has 2 rings (SSSR count). The van der Waals surface area contributed by atoms with E-state index in [0.29, 0.717) is 18.1 Å². The molecule has 0 unspecified atom stereocenters. The maximum atomic E-state index is 7.38. The molecule has 0 saturated carbocycles. The van der Waals surface area contributed by atoms with Gasteiger partial charge < -0.3 is 0 Å². The van der Waals surface area contributed by atoms with Crippen molar-refractivity contribution in [1.29, 1.82) is 0 Å². The molecule has 1 aromatic carbocycles. The van der Waals surface area contributed by atoms with Crippen molar-refractivity contribution in [1.82, 2.24) is 15.0 Å². The molecule has 0 N–H and O–H groups in total. The normalized spacial score (nSPS) is 9.72. The first kappa shape index (κ1) is 12.7. The Kier molecular flexibility index (Phi) is 7.32.